The number of rotatable bonds is 4. The maximum atomic E-state index is 9.28. The van der Waals surface area contributed by atoms with E-state index in [4.69, 9.17) is 23.2 Å². The quantitative estimate of drug-likeness (QED) is 0.886. The summed E-state index contributed by atoms with van der Waals surface area (Å²) in [6.07, 6.45) is 0.814. The van der Waals surface area contributed by atoms with Crippen LogP contribution in [0.25, 0.3) is 0 Å². The number of hydrogen-bond acceptors (Lipinski definition) is 2. The number of phenolic OH excluding ortho intramolecular Hbond substituents is 1. The van der Waals surface area contributed by atoms with Crippen LogP contribution in [0.5, 0.6) is 5.75 Å². The molecule has 0 bridgehead atoms. The summed E-state index contributed by atoms with van der Waals surface area (Å²) >= 11 is 12.0. The first-order chi connectivity index (χ1) is 9.10. The van der Waals surface area contributed by atoms with E-state index in [1.807, 2.05) is 31.3 Å². The van der Waals surface area contributed by atoms with Crippen molar-refractivity contribution in [3.63, 3.8) is 0 Å². The second-order valence-corrected chi connectivity index (χ2v) is 5.20. The molecule has 2 rings (SSSR count). The van der Waals surface area contributed by atoms with Gasteiger partial charge in [-0.2, -0.15) is 0 Å². The van der Waals surface area contributed by atoms with E-state index in [2.05, 4.69) is 5.32 Å². The van der Waals surface area contributed by atoms with E-state index in [0.717, 1.165) is 17.5 Å². The third-order valence-corrected chi connectivity index (χ3v) is 3.81. The van der Waals surface area contributed by atoms with Gasteiger partial charge in [-0.25, -0.2) is 0 Å². The zero-order chi connectivity index (χ0) is 13.8. The molecule has 0 saturated heterocycles. The Labute approximate surface area is 123 Å². The lowest BCUT2D eigenvalue weighted by atomic mass is 9.99. The van der Waals surface area contributed by atoms with E-state index >= 15 is 0 Å². The molecule has 0 aliphatic carbocycles. The van der Waals surface area contributed by atoms with E-state index in [-0.39, 0.29) is 11.8 Å². The van der Waals surface area contributed by atoms with Gasteiger partial charge in [0.2, 0.25) is 0 Å². The molecule has 2 aromatic rings. The van der Waals surface area contributed by atoms with Crippen LogP contribution in [-0.4, -0.2) is 12.2 Å². The van der Waals surface area contributed by atoms with Crippen LogP contribution in [0.2, 0.25) is 10.0 Å². The Morgan fingerprint density at radius 1 is 1.05 bits per heavy atom. The summed E-state index contributed by atoms with van der Waals surface area (Å²) in [4.78, 5) is 0. The highest BCUT2D eigenvalue weighted by Crippen LogP contribution is 2.27. The highest BCUT2D eigenvalue weighted by atomic mass is 35.5. The van der Waals surface area contributed by atoms with Crippen molar-refractivity contribution in [3.05, 3.63) is 63.6 Å². The molecule has 1 unspecified atom stereocenters. The van der Waals surface area contributed by atoms with Crippen molar-refractivity contribution in [2.75, 3.05) is 7.05 Å². The first-order valence-corrected chi connectivity index (χ1v) is 6.76. The Morgan fingerprint density at radius 3 is 2.32 bits per heavy atom. The molecule has 0 aliphatic rings. The molecule has 0 aromatic heterocycles. The van der Waals surface area contributed by atoms with E-state index in [0.29, 0.717) is 10.0 Å². The lowest BCUT2D eigenvalue weighted by Crippen LogP contribution is -2.18. The van der Waals surface area contributed by atoms with Gasteiger partial charge < -0.3 is 10.4 Å². The summed E-state index contributed by atoms with van der Waals surface area (Å²) in [5.74, 6) is 0.277. The molecule has 0 fully saturated rings. The van der Waals surface area contributed by atoms with Crippen molar-refractivity contribution in [3.8, 4) is 5.75 Å². The summed E-state index contributed by atoms with van der Waals surface area (Å²) in [7, 11) is 1.91. The van der Waals surface area contributed by atoms with Crippen LogP contribution < -0.4 is 5.32 Å². The van der Waals surface area contributed by atoms with Gasteiger partial charge in [-0.3, -0.25) is 0 Å². The second-order valence-electron chi connectivity index (χ2n) is 4.39. The minimum Gasteiger partial charge on any atom is -0.508 e. The minimum atomic E-state index is 0.152. The Hall–Kier alpha value is -1.22. The summed E-state index contributed by atoms with van der Waals surface area (Å²) in [5.41, 5.74) is 2.23. The molecule has 0 saturated carbocycles. The molecule has 0 aliphatic heterocycles. The number of phenols is 1. The Balaban J connectivity index is 2.19. The average Bonchev–Trinajstić information content (AvgIpc) is 2.41. The predicted molar refractivity (Wildman–Crippen MR) is 80.1 cm³/mol. The number of likely N-dealkylation sites (N-methyl/N-ethyl adjacent to an activating group) is 1. The van der Waals surface area contributed by atoms with Crippen molar-refractivity contribution in [1.29, 1.82) is 0 Å². The smallest absolute Gasteiger partial charge is 0.115 e. The van der Waals surface area contributed by atoms with Gasteiger partial charge in [-0.05, 0) is 48.9 Å². The minimum absolute atomic E-state index is 0.152. The van der Waals surface area contributed by atoms with Gasteiger partial charge in [0.1, 0.15) is 5.75 Å². The Morgan fingerprint density at radius 2 is 1.74 bits per heavy atom. The van der Waals surface area contributed by atoms with Gasteiger partial charge in [-0.15, -0.1) is 0 Å². The first kappa shape index (κ1) is 14.2. The van der Waals surface area contributed by atoms with Crippen LogP contribution in [-0.2, 0) is 6.42 Å². The molecule has 19 heavy (non-hydrogen) atoms. The SMILES string of the molecule is CNC(Cc1ccc(O)cc1)c1ccc(Cl)c(Cl)c1. The molecule has 1 atom stereocenters. The normalized spacial score (nSPS) is 12.4. The topological polar surface area (TPSA) is 32.3 Å². The van der Waals surface area contributed by atoms with Crippen molar-refractivity contribution < 1.29 is 5.11 Å². The summed E-state index contributed by atoms with van der Waals surface area (Å²) < 4.78 is 0. The summed E-state index contributed by atoms with van der Waals surface area (Å²) in [6.45, 7) is 0. The lowest BCUT2D eigenvalue weighted by Gasteiger charge is -2.17. The molecule has 2 N–H and O–H groups in total. The van der Waals surface area contributed by atoms with E-state index in [1.165, 1.54) is 0 Å². The number of hydrogen-bond donors (Lipinski definition) is 2. The Bertz CT molecular complexity index is 555. The standard InChI is InChI=1S/C15H15Cl2NO/c1-18-15(8-10-2-5-12(19)6-3-10)11-4-7-13(16)14(17)9-11/h2-7,9,15,18-19H,8H2,1H3. The molecule has 2 nitrogen and oxygen atoms in total. The molecule has 0 heterocycles. The number of benzene rings is 2. The third kappa shape index (κ3) is 3.63. The van der Waals surface area contributed by atoms with Crippen LogP contribution in [0.4, 0.5) is 0 Å². The third-order valence-electron chi connectivity index (χ3n) is 3.07. The van der Waals surface area contributed by atoms with E-state index in [9.17, 15) is 5.11 Å². The van der Waals surface area contributed by atoms with Gasteiger partial charge in [0, 0.05) is 6.04 Å². The molecule has 100 valence electrons. The van der Waals surface area contributed by atoms with Gasteiger partial charge in [-0.1, -0.05) is 41.4 Å². The molecule has 0 radical (unpaired) electrons. The molecule has 4 heteroatoms. The van der Waals surface area contributed by atoms with E-state index < -0.39 is 0 Å². The molecular weight excluding hydrogens is 281 g/mol. The maximum absolute atomic E-state index is 9.28. The van der Waals surface area contributed by atoms with Crippen LogP contribution in [0, 0.1) is 0 Å². The number of aromatic hydroxyl groups is 1. The summed E-state index contributed by atoms with van der Waals surface area (Å²) in [5, 5.41) is 13.7. The molecule has 0 amide bonds. The number of nitrogens with one attached hydrogen (secondary N) is 1. The fourth-order valence-corrected chi connectivity index (χ4v) is 2.29. The predicted octanol–water partition coefficient (Wildman–Crippen LogP) is 4.20. The monoisotopic (exact) mass is 295 g/mol. The average molecular weight is 296 g/mol. The zero-order valence-electron chi connectivity index (χ0n) is 10.5. The maximum Gasteiger partial charge on any atom is 0.115 e. The number of halogens is 2. The molecule has 2 aromatic carbocycles. The van der Waals surface area contributed by atoms with E-state index in [1.54, 1.807) is 18.2 Å². The van der Waals surface area contributed by atoms with Crippen LogP contribution >= 0.6 is 23.2 Å². The van der Waals surface area contributed by atoms with Crippen LogP contribution in [0.3, 0.4) is 0 Å². The van der Waals surface area contributed by atoms with Gasteiger partial charge >= 0.3 is 0 Å². The highest BCUT2D eigenvalue weighted by Gasteiger charge is 2.11. The van der Waals surface area contributed by atoms with Crippen molar-refractivity contribution in [1.82, 2.24) is 5.32 Å². The lowest BCUT2D eigenvalue weighted by molar-refractivity contribution is 0.475. The van der Waals surface area contributed by atoms with Gasteiger partial charge in [0.25, 0.3) is 0 Å². The molecule has 0 spiro atoms. The summed E-state index contributed by atoms with van der Waals surface area (Å²) in [6, 6.07) is 13.0. The van der Waals surface area contributed by atoms with Crippen molar-refractivity contribution in [2.24, 2.45) is 0 Å². The largest absolute Gasteiger partial charge is 0.508 e. The fraction of sp³-hybridized carbons (Fsp3) is 0.200. The first-order valence-electron chi connectivity index (χ1n) is 6.00. The Kier molecular flexibility index (Phi) is 4.70. The zero-order valence-corrected chi connectivity index (χ0v) is 12.0. The van der Waals surface area contributed by atoms with Gasteiger partial charge in [0.05, 0.1) is 10.0 Å². The van der Waals surface area contributed by atoms with Crippen LogP contribution in [0.1, 0.15) is 17.2 Å². The molecular formula is C15H15Cl2NO. The second kappa shape index (κ2) is 6.29. The fourth-order valence-electron chi connectivity index (χ4n) is 1.98. The van der Waals surface area contributed by atoms with Crippen molar-refractivity contribution in [2.45, 2.75) is 12.5 Å². The highest BCUT2D eigenvalue weighted by molar-refractivity contribution is 6.42. The van der Waals surface area contributed by atoms with Gasteiger partial charge in [0.15, 0.2) is 0 Å². The van der Waals surface area contributed by atoms with Crippen LogP contribution in [0.15, 0.2) is 42.5 Å². The van der Waals surface area contributed by atoms with Crippen molar-refractivity contribution >= 4 is 23.2 Å².